The van der Waals surface area contributed by atoms with Crippen LogP contribution in [0.15, 0.2) is 41.3 Å². The number of hydrogen-bond acceptors (Lipinski definition) is 7. The number of aromatic nitrogens is 4. The molecule has 1 aliphatic heterocycles. The number of piperazine rings is 1. The van der Waals surface area contributed by atoms with Crippen molar-refractivity contribution in [2.75, 3.05) is 24.5 Å². The second kappa shape index (κ2) is 7.46. The van der Waals surface area contributed by atoms with E-state index in [1.165, 1.54) is 11.1 Å². The standard InChI is InChI=1S/C17H18N6OS2/c1-12-8-14(23-6-4-18-11-23)3-2-13(12)10-25-17-21-20-16(26-17)22-7-5-19-15(24)9-22/h2-4,6,8,11H,5,7,9-10H2,1H3,(H,19,24). The molecule has 9 heteroatoms. The van der Waals surface area contributed by atoms with E-state index in [2.05, 4.69) is 45.6 Å². The summed E-state index contributed by atoms with van der Waals surface area (Å²) in [5, 5.41) is 12.1. The van der Waals surface area contributed by atoms with Crippen LogP contribution in [0.2, 0.25) is 0 Å². The highest BCUT2D eigenvalue weighted by Crippen LogP contribution is 2.31. The van der Waals surface area contributed by atoms with Crippen molar-refractivity contribution in [1.82, 2.24) is 25.1 Å². The predicted octanol–water partition coefficient (Wildman–Crippen LogP) is 2.26. The molecule has 7 nitrogen and oxygen atoms in total. The van der Waals surface area contributed by atoms with E-state index in [9.17, 15) is 4.79 Å². The zero-order chi connectivity index (χ0) is 17.9. The molecule has 0 spiro atoms. The summed E-state index contributed by atoms with van der Waals surface area (Å²) in [5.41, 5.74) is 3.62. The van der Waals surface area contributed by atoms with Crippen LogP contribution in [0.1, 0.15) is 11.1 Å². The third-order valence-corrected chi connectivity index (χ3v) is 6.35. The first kappa shape index (κ1) is 17.0. The SMILES string of the molecule is Cc1cc(-n2ccnc2)ccc1CSc1nnc(N2CCNC(=O)C2)s1. The number of aryl methyl sites for hydroxylation is 1. The van der Waals surface area contributed by atoms with Gasteiger partial charge >= 0.3 is 0 Å². The van der Waals surface area contributed by atoms with Crippen molar-refractivity contribution in [1.29, 1.82) is 0 Å². The third kappa shape index (κ3) is 3.73. The number of carbonyl (C=O) groups excluding carboxylic acids is 1. The monoisotopic (exact) mass is 386 g/mol. The van der Waals surface area contributed by atoms with Gasteiger partial charge in [0.15, 0.2) is 4.34 Å². The van der Waals surface area contributed by atoms with Gasteiger partial charge in [0.1, 0.15) is 0 Å². The Hall–Kier alpha value is -2.39. The minimum atomic E-state index is 0.0364. The van der Waals surface area contributed by atoms with Gasteiger partial charge in [-0.1, -0.05) is 29.2 Å². The maximum atomic E-state index is 11.5. The molecule has 1 saturated heterocycles. The number of rotatable bonds is 5. The van der Waals surface area contributed by atoms with Crippen LogP contribution in [-0.2, 0) is 10.5 Å². The molecular formula is C17H18N6OS2. The maximum Gasteiger partial charge on any atom is 0.239 e. The van der Waals surface area contributed by atoms with Gasteiger partial charge in [0.05, 0.1) is 12.9 Å². The molecule has 1 amide bonds. The second-order valence-electron chi connectivity index (χ2n) is 5.99. The second-order valence-corrected chi connectivity index (χ2v) is 8.17. The van der Waals surface area contributed by atoms with E-state index in [1.54, 1.807) is 35.6 Å². The van der Waals surface area contributed by atoms with Crippen LogP contribution in [-0.4, -0.2) is 45.3 Å². The number of imidazole rings is 1. The summed E-state index contributed by atoms with van der Waals surface area (Å²) >= 11 is 3.22. The largest absolute Gasteiger partial charge is 0.353 e. The molecule has 26 heavy (non-hydrogen) atoms. The number of anilines is 1. The lowest BCUT2D eigenvalue weighted by Crippen LogP contribution is -2.47. The highest BCUT2D eigenvalue weighted by atomic mass is 32.2. The molecule has 0 aliphatic carbocycles. The molecule has 0 bridgehead atoms. The molecule has 1 fully saturated rings. The Morgan fingerprint density at radius 2 is 2.27 bits per heavy atom. The van der Waals surface area contributed by atoms with Gasteiger partial charge in [0.25, 0.3) is 0 Å². The number of hydrogen-bond donors (Lipinski definition) is 1. The van der Waals surface area contributed by atoms with Crippen molar-refractivity contribution in [3.05, 3.63) is 48.0 Å². The molecule has 3 heterocycles. The summed E-state index contributed by atoms with van der Waals surface area (Å²) in [4.78, 5) is 17.6. The molecular weight excluding hydrogens is 368 g/mol. The van der Waals surface area contributed by atoms with Gasteiger partial charge in [-0.05, 0) is 30.2 Å². The van der Waals surface area contributed by atoms with Crippen LogP contribution in [0.3, 0.4) is 0 Å². The van der Waals surface area contributed by atoms with Crippen LogP contribution in [0.25, 0.3) is 5.69 Å². The van der Waals surface area contributed by atoms with E-state index in [0.29, 0.717) is 13.1 Å². The maximum absolute atomic E-state index is 11.5. The molecule has 2 aromatic heterocycles. The van der Waals surface area contributed by atoms with Crippen LogP contribution < -0.4 is 10.2 Å². The highest BCUT2D eigenvalue weighted by Gasteiger charge is 2.20. The molecule has 1 aliphatic rings. The normalized spacial score (nSPS) is 14.5. The Morgan fingerprint density at radius 3 is 3.04 bits per heavy atom. The van der Waals surface area contributed by atoms with E-state index in [0.717, 1.165) is 27.5 Å². The van der Waals surface area contributed by atoms with Gasteiger partial charge in [-0.25, -0.2) is 4.98 Å². The lowest BCUT2D eigenvalue weighted by atomic mass is 10.1. The first-order chi connectivity index (χ1) is 12.7. The number of amides is 1. The fourth-order valence-corrected chi connectivity index (χ4v) is 4.69. The van der Waals surface area contributed by atoms with Crippen molar-refractivity contribution < 1.29 is 4.79 Å². The van der Waals surface area contributed by atoms with Crippen LogP contribution >= 0.6 is 23.1 Å². The van der Waals surface area contributed by atoms with Crippen molar-refractivity contribution in [2.45, 2.75) is 17.0 Å². The molecule has 134 valence electrons. The van der Waals surface area contributed by atoms with Gasteiger partial charge in [0, 0.05) is 36.9 Å². The minimum absolute atomic E-state index is 0.0364. The quantitative estimate of drug-likeness (QED) is 0.678. The number of carbonyl (C=O) groups is 1. The molecule has 1 N–H and O–H groups in total. The van der Waals surface area contributed by atoms with E-state index in [4.69, 9.17) is 0 Å². The zero-order valence-electron chi connectivity index (χ0n) is 14.3. The molecule has 1 aromatic carbocycles. The van der Waals surface area contributed by atoms with E-state index in [1.807, 2.05) is 15.7 Å². The summed E-state index contributed by atoms with van der Waals surface area (Å²) in [5.74, 6) is 0.875. The number of nitrogens with one attached hydrogen (secondary N) is 1. The average molecular weight is 387 g/mol. The number of thioether (sulfide) groups is 1. The van der Waals surface area contributed by atoms with Crippen LogP contribution in [0.5, 0.6) is 0 Å². The molecule has 4 rings (SSSR count). The summed E-state index contributed by atoms with van der Waals surface area (Å²) in [7, 11) is 0. The van der Waals surface area contributed by atoms with Crippen LogP contribution in [0, 0.1) is 6.92 Å². The number of benzene rings is 1. The van der Waals surface area contributed by atoms with Gasteiger partial charge in [0.2, 0.25) is 11.0 Å². The van der Waals surface area contributed by atoms with E-state index >= 15 is 0 Å². The highest BCUT2D eigenvalue weighted by molar-refractivity contribution is 8.00. The van der Waals surface area contributed by atoms with Gasteiger partial charge in [-0.3, -0.25) is 4.79 Å². The minimum Gasteiger partial charge on any atom is -0.353 e. The molecule has 3 aromatic rings. The topological polar surface area (TPSA) is 75.9 Å². The third-order valence-electron chi connectivity index (χ3n) is 4.18. The lowest BCUT2D eigenvalue weighted by Gasteiger charge is -2.25. The first-order valence-electron chi connectivity index (χ1n) is 8.25. The molecule has 0 atom stereocenters. The predicted molar refractivity (Wildman–Crippen MR) is 103 cm³/mol. The smallest absolute Gasteiger partial charge is 0.239 e. The van der Waals surface area contributed by atoms with Crippen molar-refractivity contribution in [2.24, 2.45) is 0 Å². The van der Waals surface area contributed by atoms with Crippen molar-refractivity contribution >= 4 is 34.1 Å². The molecule has 0 saturated carbocycles. The summed E-state index contributed by atoms with van der Waals surface area (Å²) < 4.78 is 2.92. The Bertz CT molecular complexity index is 908. The number of nitrogens with zero attached hydrogens (tertiary/aromatic N) is 5. The lowest BCUT2D eigenvalue weighted by molar-refractivity contribution is -0.120. The Kier molecular flexibility index (Phi) is 4.89. The summed E-state index contributed by atoms with van der Waals surface area (Å²) in [6.45, 7) is 3.91. The van der Waals surface area contributed by atoms with Crippen LogP contribution in [0.4, 0.5) is 5.13 Å². The van der Waals surface area contributed by atoms with Gasteiger partial charge in [-0.2, -0.15) is 0 Å². The Labute approximate surface area is 159 Å². The Balaban J connectivity index is 1.41. The van der Waals surface area contributed by atoms with Gasteiger partial charge in [-0.15, -0.1) is 10.2 Å². The van der Waals surface area contributed by atoms with E-state index in [-0.39, 0.29) is 5.91 Å². The average Bonchev–Trinajstić information content (AvgIpc) is 3.33. The van der Waals surface area contributed by atoms with Gasteiger partial charge < -0.3 is 14.8 Å². The first-order valence-corrected chi connectivity index (χ1v) is 10.0. The summed E-state index contributed by atoms with van der Waals surface area (Å²) in [6, 6.07) is 6.41. The molecule has 0 unspecified atom stereocenters. The Morgan fingerprint density at radius 1 is 1.35 bits per heavy atom. The molecule has 0 radical (unpaired) electrons. The van der Waals surface area contributed by atoms with Crippen molar-refractivity contribution in [3.8, 4) is 5.69 Å². The fraction of sp³-hybridized carbons (Fsp3) is 0.294. The van der Waals surface area contributed by atoms with E-state index < -0.39 is 0 Å². The fourth-order valence-electron chi connectivity index (χ4n) is 2.74. The van der Waals surface area contributed by atoms with Crippen molar-refractivity contribution in [3.63, 3.8) is 0 Å². The summed E-state index contributed by atoms with van der Waals surface area (Å²) in [6.07, 6.45) is 5.51. The zero-order valence-corrected chi connectivity index (χ0v) is 15.9.